The van der Waals surface area contributed by atoms with Crippen molar-refractivity contribution in [2.45, 2.75) is 45.6 Å². The van der Waals surface area contributed by atoms with Gasteiger partial charge in [-0.3, -0.25) is 0 Å². The van der Waals surface area contributed by atoms with E-state index in [0.29, 0.717) is 0 Å². The van der Waals surface area contributed by atoms with E-state index in [2.05, 4.69) is 25.8 Å². The second-order valence-corrected chi connectivity index (χ2v) is 5.42. The molecule has 2 aliphatic rings. The van der Waals surface area contributed by atoms with Crippen LogP contribution in [0, 0.1) is 17.8 Å². The molecule has 2 fully saturated rings. The van der Waals surface area contributed by atoms with E-state index < -0.39 is 0 Å². The summed E-state index contributed by atoms with van der Waals surface area (Å²) in [7, 11) is 2.30. The SMILES string of the molecule is CC(C)C1CC1CC1CCCN1C. The highest BCUT2D eigenvalue weighted by Gasteiger charge is 2.41. The van der Waals surface area contributed by atoms with Gasteiger partial charge in [0.1, 0.15) is 0 Å². The largest absolute Gasteiger partial charge is 0.303 e. The van der Waals surface area contributed by atoms with Gasteiger partial charge in [-0.15, -0.1) is 0 Å². The maximum absolute atomic E-state index is 2.57. The fraction of sp³-hybridized carbons (Fsp3) is 1.00. The zero-order valence-electron chi connectivity index (χ0n) is 9.29. The predicted octanol–water partition coefficient (Wildman–Crippen LogP) is 2.76. The topological polar surface area (TPSA) is 3.24 Å². The van der Waals surface area contributed by atoms with Crippen LogP contribution in [0.1, 0.15) is 39.5 Å². The van der Waals surface area contributed by atoms with E-state index in [1.807, 2.05) is 0 Å². The summed E-state index contributed by atoms with van der Waals surface area (Å²) in [6, 6.07) is 0.925. The predicted molar refractivity (Wildman–Crippen MR) is 56.7 cm³/mol. The molecule has 1 heteroatoms. The zero-order chi connectivity index (χ0) is 9.42. The molecule has 3 unspecified atom stereocenters. The summed E-state index contributed by atoms with van der Waals surface area (Å²) in [5.74, 6) is 3.07. The first-order valence-corrected chi connectivity index (χ1v) is 5.88. The van der Waals surface area contributed by atoms with Crippen molar-refractivity contribution >= 4 is 0 Å². The lowest BCUT2D eigenvalue weighted by molar-refractivity contribution is 0.279. The molecule has 1 aliphatic heterocycles. The number of rotatable bonds is 3. The molecule has 2 rings (SSSR count). The van der Waals surface area contributed by atoms with Crippen molar-refractivity contribution in [2.75, 3.05) is 13.6 Å². The summed E-state index contributed by atoms with van der Waals surface area (Å²) >= 11 is 0. The van der Waals surface area contributed by atoms with E-state index in [9.17, 15) is 0 Å². The first-order valence-electron chi connectivity index (χ1n) is 5.88. The fourth-order valence-electron chi connectivity index (χ4n) is 2.99. The number of hydrogen-bond donors (Lipinski definition) is 0. The molecule has 0 bridgehead atoms. The molecular weight excluding hydrogens is 158 g/mol. The fourth-order valence-corrected chi connectivity index (χ4v) is 2.99. The molecule has 0 aromatic carbocycles. The molecule has 0 spiro atoms. The van der Waals surface area contributed by atoms with Crippen molar-refractivity contribution < 1.29 is 0 Å². The van der Waals surface area contributed by atoms with Crippen molar-refractivity contribution in [3.05, 3.63) is 0 Å². The van der Waals surface area contributed by atoms with Crippen LogP contribution in [-0.2, 0) is 0 Å². The van der Waals surface area contributed by atoms with E-state index in [-0.39, 0.29) is 0 Å². The van der Waals surface area contributed by atoms with E-state index in [1.165, 1.54) is 32.2 Å². The molecule has 1 nitrogen and oxygen atoms in total. The number of likely N-dealkylation sites (tertiary alicyclic amines) is 1. The molecule has 1 aliphatic carbocycles. The summed E-state index contributed by atoms with van der Waals surface area (Å²) in [6.07, 6.45) is 5.89. The third-order valence-electron chi connectivity index (χ3n) is 4.08. The standard InChI is InChI=1S/C12H23N/c1-9(2)12-8-10(12)7-11-5-4-6-13(11)3/h9-12H,4-8H2,1-3H3. The maximum atomic E-state index is 2.57. The van der Waals surface area contributed by atoms with Crippen molar-refractivity contribution in [3.8, 4) is 0 Å². The minimum atomic E-state index is 0.925. The summed E-state index contributed by atoms with van der Waals surface area (Å²) in [6.45, 7) is 6.09. The molecule has 0 radical (unpaired) electrons. The van der Waals surface area contributed by atoms with Gasteiger partial charge in [0, 0.05) is 6.04 Å². The van der Waals surface area contributed by atoms with Crippen molar-refractivity contribution in [1.29, 1.82) is 0 Å². The van der Waals surface area contributed by atoms with Crippen LogP contribution in [0.4, 0.5) is 0 Å². The van der Waals surface area contributed by atoms with Gasteiger partial charge in [-0.05, 0) is 57.0 Å². The first kappa shape index (κ1) is 9.51. The normalized spacial score (nSPS) is 40.2. The van der Waals surface area contributed by atoms with E-state index >= 15 is 0 Å². The molecular formula is C12H23N. The molecule has 0 aromatic heterocycles. The van der Waals surface area contributed by atoms with E-state index in [1.54, 1.807) is 0 Å². The molecule has 13 heavy (non-hydrogen) atoms. The lowest BCUT2D eigenvalue weighted by Crippen LogP contribution is -2.25. The Bertz CT molecular complexity index is 176. The van der Waals surface area contributed by atoms with Crippen molar-refractivity contribution in [1.82, 2.24) is 4.90 Å². The number of nitrogens with zero attached hydrogens (tertiary/aromatic N) is 1. The number of hydrogen-bond acceptors (Lipinski definition) is 1. The van der Waals surface area contributed by atoms with Crippen LogP contribution in [0.2, 0.25) is 0 Å². The molecule has 1 saturated carbocycles. The molecule has 3 atom stereocenters. The molecule has 0 aromatic rings. The Balaban J connectivity index is 1.74. The highest BCUT2D eigenvalue weighted by molar-refractivity contribution is 4.92. The van der Waals surface area contributed by atoms with Crippen LogP contribution in [0.5, 0.6) is 0 Å². The van der Waals surface area contributed by atoms with Gasteiger partial charge in [-0.25, -0.2) is 0 Å². The Kier molecular flexibility index (Phi) is 2.64. The van der Waals surface area contributed by atoms with Crippen LogP contribution in [0.15, 0.2) is 0 Å². The minimum Gasteiger partial charge on any atom is -0.303 e. The van der Waals surface area contributed by atoms with Gasteiger partial charge in [-0.2, -0.15) is 0 Å². The molecule has 0 N–H and O–H groups in total. The summed E-state index contributed by atoms with van der Waals surface area (Å²) in [5.41, 5.74) is 0. The average Bonchev–Trinajstić information content (AvgIpc) is 2.72. The smallest absolute Gasteiger partial charge is 0.00954 e. The van der Waals surface area contributed by atoms with Crippen LogP contribution in [0.3, 0.4) is 0 Å². The quantitative estimate of drug-likeness (QED) is 0.647. The average molecular weight is 181 g/mol. The van der Waals surface area contributed by atoms with E-state index in [0.717, 1.165) is 23.8 Å². The summed E-state index contributed by atoms with van der Waals surface area (Å²) in [5, 5.41) is 0. The van der Waals surface area contributed by atoms with Gasteiger partial charge in [0.15, 0.2) is 0 Å². The molecule has 1 heterocycles. The Labute approximate surface area is 82.5 Å². The second kappa shape index (κ2) is 3.61. The first-order chi connectivity index (χ1) is 6.18. The van der Waals surface area contributed by atoms with Crippen LogP contribution >= 0.6 is 0 Å². The van der Waals surface area contributed by atoms with Crippen molar-refractivity contribution in [3.63, 3.8) is 0 Å². The zero-order valence-corrected chi connectivity index (χ0v) is 9.29. The second-order valence-electron chi connectivity index (χ2n) is 5.42. The Morgan fingerprint density at radius 3 is 2.62 bits per heavy atom. The van der Waals surface area contributed by atoms with Gasteiger partial charge in [0.2, 0.25) is 0 Å². The van der Waals surface area contributed by atoms with Crippen LogP contribution in [0.25, 0.3) is 0 Å². The monoisotopic (exact) mass is 181 g/mol. The Morgan fingerprint density at radius 1 is 1.38 bits per heavy atom. The third kappa shape index (κ3) is 2.07. The lowest BCUT2D eigenvalue weighted by Gasteiger charge is -2.19. The van der Waals surface area contributed by atoms with Crippen molar-refractivity contribution in [2.24, 2.45) is 17.8 Å². The van der Waals surface area contributed by atoms with Gasteiger partial charge in [-0.1, -0.05) is 13.8 Å². The Hall–Kier alpha value is -0.0400. The lowest BCUT2D eigenvalue weighted by atomic mass is 10.0. The highest BCUT2D eigenvalue weighted by atomic mass is 15.1. The van der Waals surface area contributed by atoms with Crippen LogP contribution < -0.4 is 0 Å². The van der Waals surface area contributed by atoms with Gasteiger partial charge in [0.05, 0.1) is 0 Å². The Morgan fingerprint density at radius 2 is 2.15 bits per heavy atom. The van der Waals surface area contributed by atoms with Crippen LogP contribution in [-0.4, -0.2) is 24.5 Å². The third-order valence-corrected chi connectivity index (χ3v) is 4.08. The molecule has 0 amide bonds. The summed E-state index contributed by atoms with van der Waals surface area (Å²) in [4.78, 5) is 2.57. The van der Waals surface area contributed by atoms with E-state index in [4.69, 9.17) is 0 Å². The van der Waals surface area contributed by atoms with Gasteiger partial charge >= 0.3 is 0 Å². The highest BCUT2D eigenvalue weighted by Crippen LogP contribution is 2.48. The maximum Gasteiger partial charge on any atom is 0.00954 e. The summed E-state index contributed by atoms with van der Waals surface area (Å²) < 4.78 is 0. The molecule has 76 valence electrons. The van der Waals surface area contributed by atoms with Gasteiger partial charge < -0.3 is 4.90 Å². The minimum absolute atomic E-state index is 0.925. The van der Waals surface area contributed by atoms with Gasteiger partial charge in [0.25, 0.3) is 0 Å². The molecule has 1 saturated heterocycles.